The van der Waals surface area contributed by atoms with Crippen LogP contribution in [0.15, 0.2) is 12.4 Å². The van der Waals surface area contributed by atoms with Gasteiger partial charge in [-0.05, 0) is 31.2 Å². The molecular weight excluding hydrogens is 284 g/mol. The van der Waals surface area contributed by atoms with E-state index in [0.717, 1.165) is 29.2 Å². The first kappa shape index (κ1) is 14.1. The Labute approximate surface area is 128 Å². The van der Waals surface area contributed by atoms with E-state index in [1.165, 1.54) is 24.2 Å². The molecule has 3 N–H and O–H groups in total. The summed E-state index contributed by atoms with van der Waals surface area (Å²) < 4.78 is 1.92. The maximum atomic E-state index is 11.7. The highest BCUT2D eigenvalue weighted by Gasteiger charge is 2.32. The SMILES string of the molecule is CC(=O)c1sc(NCCn2cc(C)cn2)c(C2CC2)c1N. The fraction of sp³-hybridized carbons (Fsp3) is 0.467. The molecule has 5 nitrogen and oxygen atoms in total. The van der Waals surface area contributed by atoms with Crippen molar-refractivity contribution in [2.24, 2.45) is 0 Å². The monoisotopic (exact) mass is 304 g/mol. The number of thiophene rings is 1. The minimum absolute atomic E-state index is 0.0511. The molecule has 6 heteroatoms. The predicted octanol–water partition coefficient (Wildman–Crippen LogP) is 3.03. The number of carbonyl (C=O) groups excluding carboxylic acids is 1. The number of nitrogen functional groups attached to an aromatic ring is 1. The lowest BCUT2D eigenvalue weighted by Gasteiger charge is -2.07. The van der Waals surface area contributed by atoms with Crippen LogP contribution in [0.1, 0.15) is 46.5 Å². The van der Waals surface area contributed by atoms with Crippen LogP contribution >= 0.6 is 11.3 Å². The molecule has 0 radical (unpaired) electrons. The van der Waals surface area contributed by atoms with Crippen molar-refractivity contribution < 1.29 is 4.79 Å². The van der Waals surface area contributed by atoms with Gasteiger partial charge in [-0.15, -0.1) is 11.3 Å². The molecule has 1 aliphatic rings. The van der Waals surface area contributed by atoms with Crippen molar-refractivity contribution >= 4 is 27.8 Å². The molecule has 0 atom stereocenters. The topological polar surface area (TPSA) is 72.9 Å². The van der Waals surface area contributed by atoms with Crippen LogP contribution in [0.25, 0.3) is 0 Å². The molecule has 1 saturated carbocycles. The van der Waals surface area contributed by atoms with Gasteiger partial charge < -0.3 is 11.1 Å². The van der Waals surface area contributed by atoms with Crippen molar-refractivity contribution in [1.29, 1.82) is 0 Å². The van der Waals surface area contributed by atoms with Crippen LogP contribution in [0.2, 0.25) is 0 Å². The molecule has 0 spiro atoms. The van der Waals surface area contributed by atoms with Crippen molar-refractivity contribution in [3.05, 3.63) is 28.4 Å². The molecule has 2 aromatic rings. The predicted molar refractivity (Wildman–Crippen MR) is 86.2 cm³/mol. The van der Waals surface area contributed by atoms with Crippen molar-refractivity contribution in [2.45, 2.75) is 39.2 Å². The molecule has 0 aliphatic heterocycles. The lowest BCUT2D eigenvalue weighted by atomic mass is 10.1. The number of ketones is 1. The highest BCUT2D eigenvalue weighted by atomic mass is 32.1. The van der Waals surface area contributed by atoms with E-state index in [4.69, 9.17) is 5.73 Å². The quantitative estimate of drug-likeness (QED) is 0.805. The first-order valence-corrected chi connectivity index (χ1v) is 8.04. The van der Waals surface area contributed by atoms with Gasteiger partial charge in [0.2, 0.25) is 0 Å². The normalized spacial score (nSPS) is 14.4. The molecule has 1 fully saturated rings. The van der Waals surface area contributed by atoms with Gasteiger partial charge in [-0.25, -0.2) is 0 Å². The van der Waals surface area contributed by atoms with Crippen LogP contribution in [0.3, 0.4) is 0 Å². The third-order valence-corrected chi connectivity index (χ3v) is 4.96. The second-order valence-electron chi connectivity index (χ2n) is 5.63. The largest absolute Gasteiger partial charge is 0.397 e. The Kier molecular flexibility index (Phi) is 3.71. The fourth-order valence-electron chi connectivity index (χ4n) is 2.50. The molecule has 0 saturated heterocycles. The summed E-state index contributed by atoms with van der Waals surface area (Å²) in [6, 6.07) is 0. The number of nitrogens with zero attached hydrogens (tertiary/aromatic N) is 2. The number of Topliss-reactive ketones (excluding diaryl/α,β-unsaturated/α-hetero) is 1. The summed E-state index contributed by atoms with van der Waals surface area (Å²) in [6.07, 6.45) is 6.22. The molecule has 112 valence electrons. The molecule has 0 aromatic carbocycles. The summed E-state index contributed by atoms with van der Waals surface area (Å²) in [5.74, 6) is 0.582. The number of rotatable bonds is 6. The van der Waals surface area contributed by atoms with Crippen LogP contribution < -0.4 is 11.1 Å². The number of aromatic nitrogens is 2. The highest BCUT2D eigenvalue weighted by Crippen LogP contribution is 2.50. The number of aryl methyl sites for hydroxylation is 1. The third-order valence-electron chi connectivity index (χ3n) is 3.68. The average molecular weight is 304 g/mol. The summed E-state index contributed by atoms with van der Waals surface area (Å²) in [7, 11) is 0. The number of hydrogen-bond donors (Lipinski definition) is 2. The van der Waals surface area contributed by atoms with Gasteiger partial charge in [0.1, 0.15) is 0 Å². The number of anilines is 2. The fourth-order valence-corrected chi connectivity index (χ4v) is 3.63. The second-order valence-corrected chi connectivity index (χ2v) is 6.65. The van der Waals surface area contributed by atoms with E-state index in [1.807, 2.05) is 24.0 Å². The Morgan fingerprint density at radius 2 is 2.33 bits per heavy atom. The van der Waals surface area contributed by atoms with E-state index in [2.05, 4.69) is 10.4 Å². The second kappa shape index (κ2) is 5.52. The van der Waals surface area contributed by atoms with Gasteiger partial charge >= 0.3 is 0 Å². The summed E-state index contributed by atoms with van der Waals surface area (Å²) in [5.41, 5.74) is 9.17. The number of nitrogens with two attached hydrogens (primary N) is 1. The van der Waals surface area contributed by atoms with Gasteiger partial charge in [0.15, 0.2) is 5.78 Å². The molecule has 3 rings (SSSR count). The van der Waals surface area contributed by atoms with Gasteiger partial charge in [0.25, 0.3) is 0 Å². The summed E-state index contributed by atoms with van der Waals surface area (Å²) in [6.45, 7) is 5.18. The van der Waals surface area contributed by atoms with Crippen LogP contribution in [-0.4, -0.2) is 22.1 Å². The van der Waals surface area contributed by atoms with Crippen LogP contribution in [0, 0.1) is 6.92 Å². The zero-order valence-corrected chi connectivity index (χ0v) is 13.2. The Morgan fingerprint density at radius 1 is 1.57 bits per heavy atom. The summed E-state index contributed by atoms with van der Waals surface area (Å²) >= 11 is 1.49. The Hall–Kier alpha value is -1.82. The zero-order chi connectivity index (χ0) is 15.0. The van der Waals surface area contributed by atoms with E-state index >= 15 is 0 Å². The Bertz CT molecular complexity index is 669. The standard InChI is InChI=1S/C15H20N4OS/c1-9-7-18-19(8-9)6-5-17-15-12(11-3-4-11)13(16)14(21-15)10(2)20/h7-8,11,17H,3-6,16H2,1-2H3. The average Bonchev–Trinajstić information content (AvgIpc) is 3.09. The van der Waals surface area contributed by atoms with Gasteiger partial charge in [-0.2, -0.15) is 5.10 Å². The lowest BCUT2D eigenvalue weighted by molar-refractivity contribution is 0.102. The van der Waals surface area contributed by atoms with Crippen LogP contribution in [-0.2, 0) is 6.54 Å². The summed E-state index contributed by atoms with van der Waals surface area (Å²) in [5, 5.41) is 8.76. The maximum Gasteiger partial charge on any atom is 0.171 e. The van der Waals surface area contributed by atoms with Gasteiger partial charge in [-0.3, -0.25) is 9.48 Å². The molecule has 0 amide bonds. The molecule has 21 heavy (non-hydrogen) atoms. The number of hydrogen-bond acceptors (Lipinski definition) is 5. The minimum atomic E-state index is 0.0511. The van der Waals surface area contributed by atoms with E-state index in [1.54, 1.807) is 6.92 Å². The zero-order valence-electron chi connectivity index (χ0n) is 12.3. The van der Waals surface area contributed by atoms with E-state index in [9.17, 15) is 4.79 Å². The third kappa shape index (κ3) is 2.95. The lowest BCUT2D eigenvalue weighted by Crippen LogP contribution is -2.11. The highest BCUT2D eigenvalue weighted by molar-refractivity contribution is 7.18. The first-order valence-electron chi connectivity index (χ1n) is 7.22. The van der Waals surface area contributed by atoms with E-state index in [0.29, 0.717) is 16.5 Å². The molecule has 0 bridgehead atoms. The van der Waals surface area contributed by atoms with Gasteiger partial charge in [0.05, 0.1) is 28.3 Å². The van der Waals surface area contributed by atoms with Crippen molar-refractivity contribution in [1.82, 2.24) is 9.78 Å². The maximum absolute atomic E-state index is 11.7. The molecule has 2 heterocycles. The van der Waals surface area contributed by atoms with Crippen LogP contribution in [0.5, 0.6) is 0 Å². The van der Waals surface area contributed by atoms with Gasteiger partial charge in [0, 0.05) is 25.2 Å². The van der Waals surface area contributed by atoms with Gasteiger partial charge in [-0.1, -0.05) is 0 Å². The smallest absolute Gasteiger partial charge is 0.171 e. The Balaban J connectivity index is 1.72. The van der Waals surface area contributed by atoms with Crippen molar-refractivity contribution in [3.8, 4) is 0 Å². The van der Waals surface area contributed by atoms with E-state index in [-0.39, 0.29) is 5.78 Å². The van der Waals surface area contributed by atoms with E-state index < -0.39 is 0 Å². The van der Waals surface area contributed by atoms with Crippen molar-refractivity contribution in [3.63, 3.8) is 0 Å². The van der Waals surface area contributed by atoms with Crippen LogP contribution in [0.4, 0.5) is 10.7 Å². The first-order chi connectivity index (χ1) is 10.1. The molecule has 0 unspecified atom stereocenters. The molecular formula is C15H20N4OS. The van der Waals surface area contributed by atoms with Crippen molar-refractivity contribution in [2.75, 3.05) is 17.6 Å². The number of carbonyl (C=O) groups is 1. The molecule has 2 aromatic heterocycles. The molecule has 1 aliphatic carbocycles. The Morgan fingerprint density at radius 3 is 2.90 bits per heavy atom. The minimum Gasteiger partial charge on any atom is -0.397 e. The number of nitrogens with one attached hydrogen (secondary N) is 1. The summed E-state index contributed by atoms with van der Waals surface area (Å²) in [4.78, 5) is 12.4.